The molecule has 70 valence electrons. The molecule has 0 amide bonds. The first-order valence-electron chi connectivity index (χ1n) is 3.82. The van der Waals surface area contributed by atoms with E-state index in [-0.39, 0.29) is 0 Å². The van der Waals surface area contributed by atoms with Gasteiger partial charge in [-0.1, -0.05) is 18.2 Å². The van der Waals surface area contributed by atoms with Crippen LogP contribution in [0.3, 0.4) is 0 Å². The number of aromatic carboxylic acids is 1. The summed E-state index contributed by atoms with van der Waals surface area (Å²) >= 11 is 0. The third-order valence-electron chi connectivity index (χ3n) is 1.38. The predicted octanol–water partition coefficient (Wildman–Crippen LogP) is 1.90. The molecule has 0 saturated heterocycles. The van der Waals surface area contributed by atoms with Crippen LogP contribution < -0.4 is 0 Å². The summed E-state index contributed by atoms with van der Waals surface area (Å²) in [6, 6.07) is 6.92. The Hall–Kier alpha value is -1.64. The lowest BCUT2D eigenvalue weighted by Crippen LogP contribution is -1.97. The van der Waals surface area contributed by atoms with Crippen molar-refractivity contribution < 1.29 is 14.7 Å². The molecule has 1 N–H and O–H groups in total. The van der Waals surface area contributed by atoms with E-state index < -0.39 is 5.97 Å². The van der Waals surface area contributed by atoms with Crippen LogP contribution in [-0.2, 0) is 4.79 Å². The molecule has 0 heterocycles. The number of hydrogen-bond donors (Lipinski definition) is 1. The maximum absolute atomic E-state index is 10.4. The Bertz CT molecular complexity index is 292. The Labute approximate surface area is 77.0 Å². The molecule has 0 aliphatic carbocycles. The van der Waals surface area contributed by atoms with Crippen LogP contribution in [0.15, 0.2) is 24.3 Å². The van der Waals surface area contributed by atoms with Crippen molar-refractivity contribution in [1.82, 2.24) is 0 Å². The van der Waals surface area contributed by atoms with Gasteiger partial charge in [0.2, 0.25) is 0 Å². The van der Waals surface area contributed by atoms with E-state index in [2.05, 4.69) is 0 Å². The molecule has 0 radical (unpaired) electrons. The lowest BCUT2D eigenvalue weighted by Gasteiger charge is -1.96. The van der Waals surface area contributed by atoms with Crippen molar-refractivity contribution in [3.05, 3.63) is 35.4 Å². The molecule has 0 fully saturated rings. The minimum Gasteiger partial charge on any atom is -0.478 e. The summed E-state index contributed by atoms with van der Waals surface area (Å²) in [5.74, 6) is -0.863. The summed E-state index contributed by atoms with van der Waals surface area (Å²) in [6.45, 7) is 3.23. The fourth-order valence-corrected chi connectivity index (χ4v) is 0.813. The monoisotopic (exact) mass is 180 g/mol. The summed E-state index contributed by atoms with van der Waals surface area (Å²) in [7, 11) is 0. The summed E-state index contributed by atoms with van der Waals surface area (Å²) < 4.78 is 0. The van der Waals surface area contributed by atoms with Crippen LogP contribution in [0.5, 0.6) is 0 Å². The van der Waals surface area contributed by atoms with Crippen molar-refractivity contribution in [2.45, 2.75) is 13.8 Å². The van der Waals surface area contributed by atoms with Crippen LogP contribution in [0.1, 0.15) is 22.8 Å². The number of benzene rings is 1. The highest BCUT2D eigenvalue weighted by atomic mass is 16.4. The molecule has 3 heteroatoms. The number of hydrogen-bond acceptors (Lipinski definition) is 2. The van der Waals surface area contributed by atoms with Gasteiger partial charge in [0, 0.05) is 0 Å². The van der Waals surface area contributed by atoms with Crippen molar-refractivity contribution >= 4 is 12.3 Å². The molecule has 0 aliphatic rings. The van der Waals surface area contributed by atoms with Gasteiger partial charge in [0.15, 0.2) is 0 Å². The Balaban J connectivity index is 0.000000424. The van der Waals surface area contributed by atoms with E-state index in [1.165, 1.54) is 6.92 Å². The van der Waals surface area contributed by atoms with Crippen LogP contribution in [0, 0.1) is 6.92 Å². The van der Waals surface area contributed by atoms with Gasteiger partial charge in [-0.3, -0.25) is 0 Å². The lowest BCUT2D eigenvalue weighted by atomic mass is 10.1. The average Bonchev–Trinajstić information content (AvgIpc) is 2.06. The maximum atomic E-state index is 10.4. The third kappa shape index (κ3) is 4.06. The number of aryl methyl sites for hydroxylation is 1. The number of carboxylic acid groups (broad SMARTS) is 1. The van der Waals surface area contributed by atoms with Gasteiger partial charge in [0.05, 0.1) is 5.56 Å². The van der Waals surface area contributed by atoms with E-state index in [1.807, 2.05) is 6.07 Å². The van der Waals surface area contributed by atoms with Crippen molar-refractivity contribution in [1.29, 1.82) is 0 Å². The highest BCUT2D eigenvalue weighted by Gasteiger charge is 2.02. The first-order valence-corrected chi connectivity index (χ1v) is 3.82. The van der Waals surface area contributed by atoms with E-state index >= 15 is 0 Å². The molecule has 1 rings (SSSR count). The van der Waals surface area contributed by atoms with Gasteiger partial charge in [-0.2, -0.15) is 0 Å². The highest BCUT2D eigenvalue weighted by Crippen LogP contribution is 2.05. The van der Waals surface area contributed by atoms with Gasteiger partial charge in [-0.15, -0.1) is 0 Å². The van der Waals surface area contributed by atoms with Crippen LogP contribution >= 0.6 is 0 Å². The molecular formula is C10H12O3. The zero-order valence-electron chi connectivity index (χ0n) is 7.65. The first kappa shape index (κ1) is 11.4. The lowest BCUT2D eigenvalue weighted by molar-refractivity contribution is -0.106. The summed E-state index contributed by atoms with van der Waals surface area (Å²) in [4.78, 5) is 19.2. The second-order valence-electron chi connectivity index (χ2n) is 2.36. The van der Waals surface area contributed by atoms with Crippen molar-refractivity contribution in [2.75, 3.05) is 0 Å². The van der Waals surface area contributed by atoms with Gasteiger partial charge in [0.1, 0.15) is 6.29 Å². The van der Waals surface area contributed by atoms with Crippen LogP contribution in [0.4, 0.5) is 0 Å². The van der Waals surface area contributed by atoms with Crippen LogP contribution in [0.25, 0.3) is 0 Å². The normalized spacial score (nSPS) is 8.15. The smallest absolute Gasteiger partial charge is 0.335 e. The molecule has 0 aliphatic heterocycles. The molecule has 0 atom stereocenters. The quantitative estimate of drug-likeness (QED) is 0.671. The molecule has 1 aromatic carbocycles. The van der Waals surface area contributed by atoms with E-state index in [1.54, 1.807) is 25.1 Å². The Morgan fingerprint density at radius 3 is 2.15 bits per heavy atom. The van der Waals surface area contributed by atoms with Crippen molar-refractivity contribution in [3.8, 4) is 0 Å². The second kappa shape index (κ2) is 5.94. The summed E-state index contributed by atoms with van der Waals surface area (Å²) in [5, 5.41) is 8.57. The van der Waals surface area contributed by atoms with Gasteiger partial charge < -0.3 is 9.90 Å². The van der Waals surface area contributed by atoms with E-state index in [0.717, 1.165) is 11.8 Å². The zero-order chi connectivity index (χ0) is 10.3. The van der Waals surface area contributed by atoms with E-state index in [9.17, 15) is 4.79 Å². The maximum Gasteiger partial charge on any atom is 0.335 e. The van der Waals surface area contributed by atoms with E-state index in [0.29, 0.717) is 5.56 Å². The number of carbonyl (C=O) groups is 2. The topological polar surface area (TPSA) is 54.4 Å². The molecule has 0 bridgehead atoms. The van der Waals surface area contributed by atoms with Gasteiger partial charge in [-0.05, 0) is 25.5 Å². The molecule has 13 heavy (non-hydrogen) atoms. The van der Waals surface area contributed by atoms with Gasteiger partial charge in [0.25, 0.3) is 0 Å². The largest absolute Gasteiger partial charge is 0.478 e. The highest BCUT2D eigenvalue weighted by molar-refractivity contribution is 5.89. The Morgan fingerprint density at radius 2 is 1.85 bits per heavy atom. The molecule has 3 nitrogen and oxygen atoms in total. The van der Waals surface area contributed by atoms with Gasteiger partial charge in [-0.25, -0.2) is 4.79 Å². The third-order valence-corrected chi connectivity index (χ3v) is 1.38. The molecule has 0 spiro atoms. The van der Waals surface area contributed by atoms with Crippen molar-refractivity contribution in [3.63, 3.8) is 0 Å². The average molecular weight is 180 g/mol. The fourth-order valence-electron chi connectivity index (χ4n) is 0.813. The molecular weight excluding hydrogens is 168 g/mol. The predicted molar refractivity (Wildman–Crippen MR) is 49.9 cm³/mol. The minimum atomic E-state index is -0.863. The SMILES string of the molecule is CC=O.Cc1ccccc1C(=O)O. The van der Waals surface area contributed by atoms with Gasteiger partial charge >= 0.3 is 5.97 Å². The molecule has 1 aromatic rings. The van der Waals surface area contributed by atoms with E-state index in [4.69, 9.17) is 9.90 Å². The Morgan fingerprint density at radius 1 is 1.38 bits per heavy atom. The van der Waals surface area contributed by atoms with Crippen LogP contribution in [0.2, 0.25) is 0 Å². The number of rotatable bonds is 1. The number of carbonyl (C=O) groups excluding carboxylic acids is 1. The zero-order valence-corrected chi connectivity index (χ0v) is 7.65. The van der Waals surface area contributed by atoms with Crippen LogP contribution in [-0.4, -0.2) is 17.4 Å². The standard InChI is InChI=1S/C8H8O2.C2H4O/c1-6-4-2-3-5-7(6)8(9)10;1-2-3/h2-5H,1H3,(H,9,10);2H,1H3. The first-order chi connectivity index (χ1) is 6.13. The van der Waals surface area contributed by atoms with Crippen molar-refractivity contribution in [2.24, 2.45) is 0 Å². The molecule has 0 saturated carbocycles. The summed E-state index contributed by atoms with van der Waals surface area (Å²) in [6.07, 6.45) is 0.750. The second-order valence-corrected chi connectivity index (χ2v) is 2.36. The number of carboxylic acids is 1. The summed E-state index contributed by atoms with van der Waals surface area (Å²) in [5.41, 5.74) is 1.18. The molecule has 0 aromatic heterocycles. The minimum absolute atomic E-state index is 0.377. The fraction of sp³-hybridized carbons (Fsp3) is 0.200. The molecule has 0 unspecified atom stereocenters. The Kier molecular flexibility index (Phi) is 5.19. The number of aldehydes is 1.